The molecule has 0 heterocycles. The van der Waals surface area contributed by atoms with Crippen LogP contribution in [0, 0.1) is 0 Å². The van der Waals surface area contributed by atoms with E-state index in [1.54, 1.807) is 0 Å². The third kappa shape index (κ3) is 3.53. The van der Waals surface area contributed by atoms with Gasteiger partial charge in [-0.3, -0.25) is 0 Å². The van der Waals surface area contributed by atoms with E-state index in [1.807, 2.05) is 0 Å². The van der Waals surface area contributed by atoms with Crippen LogP contribution in [0.25, 0.3) is 0 Å². The molecule has 0 bridgehead atoms. The number of rotatable bonds is 4. The van der Waals surface area contributed by atoms with E-state index in [0.717, 1.165) is 12.1 Å². The van der Waals surface area contributed by atoms with Crippen LogP contribution in [-0.4, -0.2) is 19.5 Å². The maximum atomic E-state index is 12.4. The van der Waals surface area contributed by atoms with Crippen LogP contribution in [0.15, 0.2) is 24.3 Å². The molecule has 1 aromatic carbocycles. The second-order valence-corrected chi connectivity index (χ2v) is 3.11. The van der Waals surface area contributed by atoms with Crippen LogP contribution >= 0.6 is 0 Å². The van der Waals surface area contributed by atoms with Crippen molar-refractivity contribution in [1.82, 2.24) is 0 Å². The summed E-state index contributed by atoms with van der Waals surface area (Å²) in [5, 5.41) is 0. The molecule has 0 saturated heterocycles. The number of alkyl halides is 4. The molecule has 0 saturated carbocycles. The van der Waals surface area contributed by atoms with E-state index in [0.29, 0.717) is 6.07 Å². The topological polar surface area (TPSA) is 9.23 Å². The lowest BCUT2D eigenvalue weighted by atomic mass is 9.80. The highest BCUT2D eigenvalue weighted by Crippen LogP contribution is 2.27. The lowest BCUT2D eigenvalue weighted by Gasteiger charge is -2.19. The second kappa shape index (κ2) is 4.46. The van der Waals surface area contributed by atoms with Crippen molar-refractivity contribution in [3.8, 4) is 5.75 Å². The predicted molar refractivity (Wildman–Crippen MR) is 46.7 cm³/mol. The van der Waals surface area contributed by atoms with Crippen molar-refractivity contribution in [2.75, 3.05) is 0 Å². The van der Waals surface area contributed by atoms with Gasteiger partial charge in [0.25, 0.3) is 0 Å². The zero-order chi connectivity index (χ0) is 13.3. The summed E-state index contributed by atoms with van der Waals surface area (Å²) in [5.41, 5.74) is -1.20. The average Bonchev–Trinajstić information content (AvgIpc) is 2.15. The second-order valence-electron chi connectivity index (χ2n) is 3.11. The minimum Gasteiger partial charge on any atom is -0.445 e. The first-order chi connectivity index (χ1) is 7.63. The van der Waals surface area contributed by atoms with Crippen LogP contribution in [0.1, 0.15) is 0 Å². The highest BCUT2D eigenvalue weighted by Gasteiger charge is 2.44. The molecule has 17 heavy (non-hydrogen) atoms. The summed E-state index contributed by atoms with van der Waals surface area (Å²) in [5.74, 6) is -0.966. The lowest BCUT2D eigenvalue weighted by Crippen LogP contribution is -2.36. The molecule has 0 radical (unpaired) electrons. The summed E-state index contributed by atoms with van der Waals surface area (Å²) in [6, 6.07) is 2.41. The molecule has 96 valence electrons. The Balaban J connectivity index is 2.94. The van der Waals surface area contributed by atoms with Crippen molar-refractivity contribution in [3.05, 3.63) is 24.3 Å². The predicted octanol–water partition coefficient (Wildman–Crippen LogP) is 2.98. The number of hydrogen-bond donors (Lipinski definition) is 0. The van der Waals surface area contributed by atoms with E-state index in [2.05, 4.69) is 4.74 Å². The number of halogens is 7. The largest absolute Gasteiger partial charge is 0.509 e. The van der Waals surface area contributed by atoms with Gasteiger partial charge in [0.15, 0.2) is 0 Å². The smallest absolute Gasteiger partial charge is 0.445 e. The molecule has 0 fully saturated rings. The number of ether oxygens (including phenoxy) is 1. The molecular formula is C8H5BF7O-. The van der Waals surface area contributed by atoms with Crippen molar-refractivity contribution in [3.63, 3.8) is 0 Å². The van der Waals surface area contributed by atoms with Gasteiger partial charge in [0.05, 0.1) is 0 Å². The fraction of sp³-hybridized carbons (Fsp3) is 0.250. The van der Waals surface area contributed by atoms with Gasteiger partial charge >= 0.3 is 19.5 Å². The normalized spacial score (nSPS) is 12.9. The van der Waals surface area contributed by atoms with Crippen LogP contribution in [-0.2, 0) is 0 Å². The van der Waals surface area contributed by atoms with Crippen molar-refractivity contribution in [2.24, 2.45) is 0 Å². The van der Waals surface area contributed by atoms with Crippen molar-refractivity contribution >= 4 is 12.4 Å². The maximum Gasteiger partial charge on any atom is 0.509 e. The Morgan fingerprint density at radius 2 is 1.71 bits per heavy atom. The van der Waals surface area contributed by atoms with Gasteiger partial charge < -0.3 is 17.7 Å². The summed E-state index contributed by atoms with van der Waals surface area (Å²) in [6.45, 7) is -5.40. The lowest BCUT2D eigenvalue weighted by molar-refractivity contribution is -0.253. The fourth-order valence-electron chi connectivity index (χ4n) is 0.983. The van der Waals surface area contributed by atoms with Crippen LogP contribution < -0.4 is 10.2 Å². The Morgan fingerprint density at radius 3 is 2.18 bits per heavy atom. The molecule has 0 amide bonds. The van der Waals surface area contributed by atoms with Gasteiger partial charge in [-0.1, -0.05) is 12.1 Å². The fourth-order valence-corrected chi connectivity index (χ4v) is 0.983. The Labute approximate surface area is 91.2 Å². The summed E-state index contributed by atoms with van der Waals surface area (Å²) < 4.78 is 88.5. The van der Waals surface area contributed by atoms with Crippen LogP contribution in [0.3, 0.4) is 0 Å². The maximum absolute atomic E-state index is 12.4. The van der Waals surface area contributed by atoms with Crippen LogP contribution in [0.2, 0.25) is 0 Å². The molecule has 9 heteroatoms. The number of benzene rings is 1. The summed E-state index contributed by atoms with van der Waals surface area (Å²) in [6.07, 6.45) is -8.94. The van der Waals surface area contributed by atoms with Crippen LogP contribution in [0.4, 0.5) is 30.5 Å². The molecule has 0 unspecified atom stereocenters. The Hall–Kier alpha value is -1.41. The molecule has 0 aliphatic heterocycles. The number of hydrogen-bond acceptors (Lipinski definition) is 1. The van der Waals surface area contributed by atoms with Crippen molar-refractivity contribution < 1.29 is 35.2 Å². The Bertz CT molecular complexity index is 390. The monoisotopic (exact) mass is 261 g/mol. The van der Waals surface area contributed by atoms with E-state index in [1.165, 1.54) is 0 Å². The molecular weight excluding hydrogens is 256 g/mol. The Morgan fingerprint density at radius 1 is 1.12 bits per heavy atom. The first-order valence-corrected chi connectivity index (χ1v) is 4.28. The van der Waals surface area contributed by atoms with E-state index in [4.69, 9.17) is 0 Å². The quantitative estimate of drug-likeness (QED) is 0.598. The molecule has 1 aromatic rings. The average molecular weight is 261 g/mol. The van der Waals surface area contributed by atoms with Crippen molar-refractivity contribution in [2.45, 2.75) is 12.5 Å². The summed E-state index contributed by atoms with van der Waals surface area (Å²) >= 11 is 0. The van der Waals surface area contributed by atoms with Gasteiger partial charge in [0.1, 0.15) is 5.75 Å². The van der Waals surface area contributed by atoms with Crippen molar-refractivity contribution in [1.29, 1.82) is 0 Å². The SMILES string of the molecule is FC(F)C(F)(F)Oc1cccc([B-](F)(F)F)c1. The van der Waals surface area contributed by atoms with E-state index in [-0.39, 0.29) is 6.07 Å². The van der Waals surface area contributed by atoms with Gasteiger partial charge in [0.2, 0.25) is 0 Å². The minimum absolute atomic E-state index is 0.246. The first kappa shape index (κ1) is 13.7. The summed E-state index contributed by atoms with van der Waals surface area (Å²) in [7, 11) is 0. The third-order valence-corrected chi connectivity index (χ3v) is 1.74. The third-order valence-electron chi connectivity index (χ3n) is 1.74. The zero-order valence-electron chi connectivity index (χ0n) is 8.02. The molecule has 0 aliphatic carbocycles. The summed E-state index contributed by atoms with van der Waals surface area (Å²) in [4.78, 5) is 0. The molecule has 1 nitrogen and oxygen atoms in total. The highest BCUT2D eigenvalue weighted by molar-refractivity contribution is 6.73. The van der Waals surface area contributed by atoms with Gasteiger partial charge in [-0.25, -0.2) is 0 Å². The van der Waals surface area contributed by atoms with E-state index < -0.39 is 30.7 Å². The highest BCUT2D eigenvalue weighted by atomic mass is 19.4. The van der Waals surface area contributed by atoms with Gasteiger partial charge in [-0.15, -0.1) is 5.46 Å². The molecule has 0 atom stereocenters. The van der Waals surface area contributed by atoms with Gasteiger partial charge in [0, 0.05) is 0 Å². The van der Waals surface area contributed by atoms with Gasteiger partial charge in [-0.2, -0.15) is 17.6 Å². The minimum atomic E-state index is -5.40. The Kier molecular flexibility index (Phi) is 3.58. The molecule has 0 aromatic heterocycles. The van der Waals surface area contributed by atoms with Crippen LogP contribution in [0.5, 0.6) is 5.75 Å². The first-order valence-electron chi connectivity index (χ1n) is 4.28. The molecule has 0 spiro atoms. The zero-order valence-corrected chi connectivity index (χ0v) is 8.02. The van der Waals surface area contributed by atoms with E-state index >= 15 is 0 Å². The molecule has 0 aliphatic rings. The molecule has 1 rings (SSSR count). The standard InChI is InChI=1S/C8H5BF7O/c10-7(11)8(12,13)17-6-3-1-2-5(4-6)9(14,15)16/h1-4,7H/q-1. The van der Waals surface area contributed by atoms with E-state index in [9.17, 15) is 30.5 Å². The van der Waals surface area contributed by atoms with Gasteiger partial charge in [-0.05, 0) is 12.1 Å². The molecule has 0 N–H and O–H groups in total.